The van der Waals surface area contributed by atoms with Crippen LogP contribution in [-0.2, 0) is 4.79 Å². The van der Waals surface area contributed by atoms with Crippen LogP contribution in [0.4, 0.5) is 8.78 Å². The van der Waals surface area contributed by atoms with Gasteiger partial charge in [-0.25, -0.2) is 8.78 Å². The summed E-state index contributed by atoms with van der Waals surface area (Å²) in [6.07, 6.45) is -1.79. The molecular weight excluding hydrogens is 634 g/mol. The fourth-order valence-corrected chi connectivity index (χ4v) is 6.49. The number of ketones is 2. The number of carboxylic acids is 1. The second-order valence-corrected chi connectivity index (χ2v) is 12.6. The quantitative estimate of drug-likeness (QED) is 0.0731. The summed E-state index contributed by atoms with van der Waals surface area (Å²) in [4.78, 5) is 36.7. The Morgan fingerprint density at radius 3 is 1.62 bits per heavy atom. The van der Waals surface area contributed by atoms with Crippen molar-refractivity contribution in [3.8, 4) is 23.0 Å². The predicted molar refractivity (Wildman–Crippen MR) is 164 cm³/mol. The maximum Gasteiger partial charge on any atom is 0.306 e. The lowest BCUT2D eigenvalue weighted by Gasteiger charge is -2.14. The molecule has 14 heteroatoms. The number of aliphatic carboxylic acids is 1. The molecule has 0 unspecified atom stereocenters. The topological polar surface area (TPSA) is 149 Å². The summed E-state index contributed by atoms with van der Waals surface area (Å²) in [5, 5.41) is 27.9. The Bertz CT molecular complexity index is 1730. The average Bonchev–Trinajstić information content (AvgIpc) is 3.63. The van der Waals surface area contributed by atoms with Crippen molar-refractivity contribution in [1.29, 1.82) is 0 Å². The van der Waals surface area contributed by atoms with Crippen LogP contribution in [0, 0.1) is 23.5 Å². The van der Waals surface area contributed by atoms with Gasteiger partial charge in [-0.3, -0.25) is 14.4 Å². The lowest BCUT2D eigenvalue weighted by molar-refractivity contribution is -0.141. The van der Waals surface area contributed by atoms with Crippen molar-refractivity contribution < 1.29 is 57.4 Å². The van der Waals surface area contributed by atoms with Gasteiger partial charge in [0.2, 0.25) is 0 Å². The molecule has 0 spiro atoms. The number of hydrogen-bond acceptors (Lipinski definition) is 11. The van der Waals surface area contributed by atoms with Crippen LogP contribution in [0.25, 0.3) is 20.2 Å². The average molecular weight is 667 g/mol. The Hall–Kier alpha value is -3.85. The summed E-state index contributed by atoms with van der Waals surface area (Å²) in [5.74, 6) is -5.03. The van der Waals surface area contributed by atoms with Crippen LogP contribution in [-0.4, -0.2) is 66.6 Å². The SMILES string of the molecule is COc1cc2sc(C(=O)C[C@H](C)C(=O)O)cc2c(F)c1OCCCOc1c(OC)cc2sc(C(=O)C[C@H](C)C(O)O)cc2c1F. The van der Waals surface area contributed by atoms with Crippen LogP contribution in [0.2, 0.25) is 0 Å². The maximum atomic E-state index is 15.5. The molecule has 2 heterocycles. The molecule has 0 aliphatic carbocycles. The lowest BCUT2D eigenvalue weighted by atomic mass is 10.0. The smallest absolute Gasteiger partial charge is 0.306 e. The summed E-state index contributed by atoms with van der Waals surface area (Å²) in [6.45, 7) is 2.87. The van der Waals surface area contributed by atoms with E-state index in [1.807, 2.05) is 0 Å². The van der Waals surface area contributed by atoms with Gasteiger partial charge in [-0.1, -0.05) is 13.8 Å². The van der Waals surface area contributed by atoms with Crippen LogP contribution in [0.3, 0.4) is 0 Å². The zero-order chi connectivity index (χ0) is 33.0. The van der Waals surface area contributed by atoms with E-state index >= 15 is 8.78 Å². The number of halogens is 2. The highest BCUT2D eigenvalue weighted by Gasteiger charge is 2.24. The van der Waals surface area contributed by atoms with E-state index in [0.29, 0.717) is 9.40 Å². The Labute approximate surface area is 264 Å². The second kappa shape index (κ2) is 14.5. The van der Waals surface area contributed by atoms with Crippen LogP contribution >= 0.6 is 22.7 Å². The van der Waals surface area contributed by atoms with Gasteiger partial charge in [-0.2, -0.15) is 0 Å². The molecule has 4 aromatic rings. The molecule has 0 saturated heterocycles. The summed E-state index contributed by atoms with van der Waals surface area (Å²) >= 11 is 2.09. The molecule has 0 radical (unpaired) electrons. The zero-order valence-corrected chi connectivity index (χ0v) is 26.5. The number of carboxylic acid groups (broad SMARTS) is 1. The van der Waals surface area contributed by atoms with Gasteiger partial charge >= 0.3 is 5.97 Å². The van der Waals surface area contributed by atoms with Gasteiger partial charge in [0.15, 0.2) is 52.5 Å². The number of aliphatic hydroxyl groups excluding tert-OH is 1. The Morgan fingerprint density at radius 2 is 1.22 bits per heavy atom. The number of thiophene rings is 2. The number of rotatable bonds is 16. The monoisotopic (exact) mass is 666 g/mol. The number of fused-ring (bicyclic) bond motifs is 2. The van der Waals surface area contributed by atoms with E-state index in [-0.39, 0.29) is 81.8 Å². The standard InChI is InChI=1S/C31H32F2O10S2/c1-14(30(36)37)8-18(34)24-10-16-22(44-24)12-20(40-3)28(26(16)32)42-6-5-7-43-29-21(41-4)13-23-17(27(29)33)11-25(45-23)19(35)9-15(2)31(38)39/h10-15,30,36-37H,5-9H2,1-4H3,(H,38,39)/t14-,15-/m0/s1. The molecule has 2 atom stereocenters. The molecule has 2 aromatic carbocycles. The van der Waals surface area contributed by atoms with E-state index in [0.717, 1.165) is 22.7 Å². The minimum absolute atomic E-state index is 0.0361. The summed E-state index contributed by atoms with van der Waals surface area (Å²) < 4.78 is 53.8. The van der Waals surface area contributed by atoms with Crippen LogP contribution < -0.4 is 18.9 Å². The van der Waals surface area contributed by atoms with Crippen molar-refractivity contribution in [2.75, 3.05) is 27.4 Å². The minimum atomic E-state index is -1.65. The highest BCUT2D eigenvalue weighted by atomic mass is 32.1. The molecule has 0 bridgehead atoms. The third kappa shape index (κ3) is 7.52. The Balaban J connectivity index is 1.44. The largest absolute Gasteiger partial charge is 0.493 e. The Kier molecular flexibility index (Phi) is 11.0. The number of Topliss-reactive ketones (excluding diaryl/α,β-unsaturated/α-hetero) is 2. The number of benzene rings is 2. The van der Waals surface area contributed by atoms with Crippen molar-refractivity contribution in [3.05, 3.63) is 45.7 Å². The third-order valence-electron chi connectivity index (χ3n) is 7.07. The van der Waals surface area contributed by atoms with Crippen LogP contribution in [0.15, 0.2) is 24.3 Å². The van der Waals surface area contributed by atoms with E-state index in [1.165, 1.54) is 46.3 Å². The number of methoxy groups -OCH3 is 2. The molecule has 0 amide bonds. The van der Waals surface area contributed by atoms with Gasteiger partial charge in [0, 0.05) is 57.5 Å². The number of aliphatic hydroxyl groups is 2. The van der Waals surface area contributed by atoms with E-state index in [2.05, 4.69) is 0 Å². The normalized spacial score (nSPS) is 12.8. The first-order valence-corrected chi connectivity index (χ1v) is 15.5. The lowest BCUT2D eigenvalue weighted by Crippen LogP contribution is -2.19. The number of hydrogen-bond donors (Lipinski definition) is 3. The van der Waals surface area contributed by atoms with Crippen LogP contribution in [0.5, 0.6) is 23.0 Å². The molecule has 242 valence electrons. The molecular formula is C31H32F2O10S2. The minimum Gasteiger partial charge on any atom is -0.493 e. The van der Waals surface area contributed by atoms with Crippen molar-refractivity contribution in [2.24, 2.45) is 11.8 Å². The third-order valence-corrected chi connectivity index (χ3v) is 9.31. The van der Waals surface area contributed by atoms with Gasteiger partial charge < -0.3 is 34.3 Å². The molecule has 10 nitrogen and oxygen atoms in total. The van der Waals surface area contributed by atoms with Crippen molar-refractivity contribution in [3.63, 3.8) is 0 Å². The first-order chi connectivity index (χ1) is 21.4. The van der Waals surface area contributed by atoms with E-state index in [4.69, 9.17) is 24.1 Å². The van der Waals surface area contributed by atoms with E-state index < -0.39 is 41.5 Å². The van der Waals surface area contributed by atoms with Gasteiger partial charge in [0.05, 0.1) is 43.1 Å². The molecule has 0 aliphatic rings. The Morgan fingerprint density at radius 1 is 0.778 bits per heavy atom. The van der Waals surface area contributed by atoms with Gasteiger partial charge in [-0.05, 0) is 12.1 Å². The van der Waals surface area contributed by atoms with Crippen molar-refractivity contribution in [1.82, 2.24) is 0 Å². The highest BCUT2D eigenvalue weighted by Crippen LogP contribution is 2.42. The summed E-state index contributed by atoms with van der Waals surface area (Å²) in [5.41, 5.74) is 0. The fraction of sp³-hybridized carbons (Fsp3) is 0.387. The summed E-state index contributed by atoms with van der Waals surface area (Å²) in [7, 11) is 2.69. The molecule has 0 aliphatic heterocycles. The first kappa shape index (κ1) is 34.0. The zero-order valence-electron chi connectivity index (χ0n) is 24.8. The summed E-state index contributed by atoms with van der Waals surface area (Å²) in [6, 6.07) is 5.85. The van der Waals surface area contributed by atoms with Crippen molar-refractivity contribution >= 4 is 60.4 Å². The predicted octanol–water partition coefficient (Wildman–Crippen LogP) is 6.07. The molecule has 4 rings (SSSR count). The van der Waals surface area contributed by atoms with Gasteiger partial charge in [0.25, 0.3) is 0 Å². The molecule has 0 saturated carbocycles. The number of carbonyl (C=O) groups excluding carboxylic acids is 2. The van der Waals surface area contributed by atoms with Gasteiger partial charge in [0.1, 0.15) is 0 Å². The number of carbonyl (C=O) groups is 3. The van der Waals surface area contributed by atoms with Crippen molar-refractivity contribution in [2.45, 2.75) is 39.4 Å². The molecule has 2 aromatic heterocycles. The highest BCUT2D eigenvalue weighted by molar-refractivity contribution is 7.21. The molecule has 45 heavy (non-hydrogen) atoms. The van der Waals surface area contributed by atoms with Gasteiger partial charge in [-0.15, -0.1) is 22.7 Å². The van der Waals surface area contributed by atoms with E-state index in [9.17, 15) is 24.6 Å². The number of ether oxygens (including phenoxy) is 4. The molecule has 3 N–H and O–H groups in total. The molecule has 0 fully saturated rings. The second-order valence-electron chi connectivity index (χ2n) is 10.4. The first-order valence-electron chi connectivity index (χ1n) is 13.9. The van der Waals surface area contributed by atoms with E-state index in [1.54, 1.807) is 6.07 Å². The van der Waals surface area contributed by atoms with Crippen LogP contribution in [0.1, 0.15) is 52.5 Å². The maximum absolute atomic E-state index is 15.5. The fourth-order valence-electron chi connectivity index (χ4n) is 4.42.